The Morgan fingerprint density at radius 1 is 1.21 bits per heavy atom. The van der Waals surface area contributed by atoms with E-state index in [0.29, 0.717) is 27.9 Å². The van der Waals surface area contributed by atoms with Gasteiger partial charge in [0.15, 0.2) is 10.8 Å². The number of nitrogens with zero attached hydrogens (tertiary/aromatic N) is 4. The third kappa shape index (κ3) is 3.67. The lowest BCUT2D eigenvalue weighted by atomic mass is 10.0. The summed E-state index contributed by atoms with van der Waals surface area (Å²) in [4.78, 5) is 29.0. The first kappa shape index (κ1) is 19.3. The average Bonchev–Trinajstić information content (AvgIpc) is 3.40. The Hall–Kier alpha value is -3.00. The number of aryl methyl sites for hydroxylation is 1. The predicted octanol–water partition coefficient (Wildman–Crippen LogP) is 3.90. The van der Waals surface area contributed by atoms with Crippen LogP contribution in [0, 0.1) is 6.92 Å². The Balaban J connectivity index is 1.65. The minimum absolute atomic E-state index is 0.0115. The number of methoxy groups -OCH3 is 2. The molecule has 150 valence electrons. The number of hydrogen-bond acceptors (Lipinski definition) is 7. The summed E-state index contributed by atoms with van der Waals surface area (Å²) in [6.45, 7) is 2.56. The summed E-state index contributed by atoms with van der Waals surface area (Å²) in [6, 6.07) is 7.46. The fraction of sp³-hybridized carbons (Fsp3) is 0.333. The van der Waals surface area contributed by atoms with Gasteiger partial charge >= 0.3 is 0 Å². The smallest absolute Gasteiger partial charge is 0.266 e. The van der Waals surface area contributed by atoms with Gasteiger partial charge in [-0.15, -0.1) is 11.3 Å². The van der Waals surface area contributed by atoms with E-state index >= 15 is 0 Å². The summed E-state index contributed by atoms with van der Waals surface area (Å²) in [5.74, 6) is 1.98. The summed E-state index contributed by atoms with van der Waals surface area (Å²) in [5, 5.41) is 0.657. The van der Waals surface area contributed by atoms with Crippen molar-refractivity contribution in [1.82, 2.24) is 19.9 Å². The molecule has 0 bridgehead atoms. The normalized spacial score (nSPS) is 16.1. The van der Waals surface area contributed by atoms with E-state index in [4.69, 9.17) is 9.47 Å². The van der Waals surface area contributed by atoms with E-state index in [1.807, 2.05) is 30.0 Å². The Morgan fingerprint density at radius 3 is 2.72 bits per heavy atom. The molecule has 4 rings (SSSR count). The van der Waals surface area contributed by atoms with Crippen molar-refractivity contribution in [3.63, 3.8) is 0 Å². The number of benzene rings is 1. The minimum atomic E-state index is -0.0405. The van der Waals surface area contributed by atoms with Crippen LogP contribution in [0.3, 0.4) is 0 Å². The zero-order valence-corrected chi connectivity index (χ0v) is 17.4. The van der Waals surface area contributed by atoms with Crippen molar-refractivity contribution in [2.24, 2.45) is 0 Å². The molecule has 1 aliphatic rings. The molecular formula is C21H22N4O3S. The second kappa shape index (κ2) is 8.16. The van der Waals surface area contributed by atoms with Gasteiger partial charge in [-0.25, -0.2) is 15.0 Å². The molecule has 0 spiro atoms. The predicted molar refractivity (Wildman–Crippen MR) is 110 cm³/mol. The molecule has 0 radical (unpaired) electrons. The molecule has 1 fully saturated rings. The van der Waals surface area contributed by atoms with Crippen molar-refractivity contribution >= 4 is 17.2 Å². The zero-order valence-electron chi connectivity index (χ0n) is 16.6. The standard InChI is InChI=1S/C21H22N4O3S/c1-13-18(29-20(24-13)19-22-9-5-10-23-19)21(26)25-11-4-6-16(25)15-8-7-14(27-2)12-17(15)28-3/h5,7-10,12,16H,4,6,11H2,1-3H3/t16-/m0/s1. The van der Waals surface area contributed by atoms with Gasteiger partial charge in [-0.1, -0.05) is 0 Å². The maximum absolute atomic E-state index is 13.4. The highest BCUT2D eigenvalue weighted by atomic mass is 32.1. The van der Waals surface area contributed by atoms with E-state index in [-0.39, 0.29) is 11.9 Å². The Labute approximate surface area is 173 Å². The fourth-order valence-electron chi connectivity index (χ4n) is 3.66. The first-order chi connectivity index (χ1) is 14.1. The Kier molecular flexibility index (Phi) is 5.44. The zero-order chi connectivity index (χ0) is 20.4. The van der Waals surface area contributed by atoms with Gasteiger partial charge in [0.25, 0.3) is 5.91 Å². The largest absolute Gasteiger partial charge is 0.497 e. The summed E-state index contributed by atoms with van der Waals surface area (Å²) in [5.41, 5.74) is 1.70. The van der Waals surface area contributed by atoms with Crippen LogP contribution >= 0.6 is 11.3 Å². The van der Waals surface area contributed by atoms with Crippen molar-refractivity contribution in [2.75, 3.05) is 20.8 Å². The molecule has 3 aromatic rings. The SMILES string of the molecule is COc1ccc([C@@H]2CCCN2C(=O)c2sc(-c3ncccn3)nc2C)c(OC)c1. The van der Waals surface area contributed by atoms with Crippen LogP contribution in [-0.2, 0) is 0 Å². The number of thiazole rings is 1. The molecule has 2 aromatic heterocycles. The van der Waals surface area contributed by atoms with Crippen molar-refractivity contribution in [3.05, 3.63) is 52.8 Å². The summed E-state index contributed by atoms with van der Waals surface area (Å²) >= 11 is 1.34. The molecule has 7 nitrogen and oxygen atoms in total. The van der Waals surface area contributed by atoms with Gasteiger partial charge in [-0.05, 0) is 38.0 Å². The van der Waals surface area contributed by atoms with Crippen LogP contribution in [-0.4, -0.2) is 46.5 Å². The molecule has 8 heteroatoms. The van der Waals surface area contributed by atoms with Gasteiger partial charge in [0.05, 0.1) is 26.0 Å². The highest BCUT2D eigenvalue weighted by molar-refractivity contribution is 7.17. The van der Waals surface area contributed by atoms with Gasteiger partial charge in [0.2, 0.25) is 0 Å². The molecule has 0 saturated carbocycles. The molecule has 0 aliphatic carbocycles. The van der Waals surface area contributed by atoms with E-state index < -0.39 is 0 Å². The number of ether oxygens (including phenoxy) is 2. The van der Waals surface area contributed by atoms with Crippen molar-refractivity contribution in [1.29, 1.82) is 0 Å². The highest BCUT2D eigenvalue weighted by Crippen LogP contribution is 2.40. The van der Waals surface area contributed by atoms with E-state index in [1.165, 1.54) is 11.3 Å². The monoisotopic (exact) mass is 410 g/mol. The average molecular weight is 410 g/mol. The third-order valence-electron chi connectivity index (χ3n) is 5.06. The maximum Gasteiger partial charge on any atom is 0.266 e. The van der Waals surface area contributed by atoms with Crippen LogP contribution in [0.25, 0.3) is 10.8 Å². The van der Waals surface area contributed by atoms with Crippen LogP contribution < -0.4 is 9.47 Å². The fourth-order valence-corrected chi connectivity index (χ4v) is 4.63. The number of aromatic nitrogens is 3. The number of rotatable bonds is 5. The lowest BCUT2D eigenvalue weighted by molar-refractivity contribution is 0.0738. The summed E-state index contributed by atoms with van der Waals surface area (Å²) in [7, 11) is 3.26. The molecule has 29 heavy (non-hydrogen) atoms. The number of carbonyl (C=O) groups excluding carboxylic acids is 1. The molecule has 0 unspecified atom stereocenters. The molecule has 1 aromatic carbocycles. The first-order valence-electron chi connectivity index (χ1n) is 9.40. The van der Waals surface area contributed by atoms with Gasteiger partial charge < -0.3 is 14.4 Å². The van der Waals surface area contributed by atoms with Crippen LogP contribution in [0.15, 0.2) is 36.7 Å². The van der Waals surface area contributed by atoms with E-state index in [2.05, 4.69) is 15.0 Å². The molecule has 3 heterocycles. The van der Waals surface area contributed by atoms with Crippen molar-refractivity contribution in [2.45, 2.75) is 25.8 Å². The highest BCUT2D eigenvalue weighted by Gasteiger charge is 2.34. The van der Waals surface area contributed by atoms with Crippen molar-refractivity contribution in [3.8, 4) is 22.3 Å². The first-order valence-corrected chi connectivity index (χ1v) is 10.2. The number of amides is 1. The number of likely N-dealkylation sites (tertiary alicyclic amines) is 1. The van der Waals surface area contributed by atoms with Gasteiger partial charge in [0, 0.05) is 30.6 Å². The van der Waals surface area contributed by atoms with E-state index in [9.17, 15) is 4.79 Å². The van der Waals surface area contributed by atoms with Gasteiger partial charge in [-0.2, -0.15) is 0 Å². The number of carbonyl (C=O) groups is 1. The summed E-state index contributed by atoms with van der Waals surface area (Å²) < 4.78 is 10.9. The summed E-state index contributed by atoms with van der Waals surface area (Å²) in [6.07, 6.45) is 5.18. The van der Waals surface area contributed by atoms with Crippen LogP contribution in [0.1, 0.15) is 39.8 Å². The molecular weight excluding hydrogens is 388 g/mol. The third-order valence-corrected chi connectivity index (χ3v) is 6.20. The Bertz CT molecular complexity index is 1020. The molecule has 1 saturated heterocycles. The van der Waals surface area contributed by atoms with Crippen LogP contribution in [0.5, 0.6) is 11.5 Å². The minimum Gasteiger partial charge on any atom is -0.497 e. The van der Waals surface area contributed by atoms with E-state index in [0.717, 1.165) is 29.9 Å². The lowest BCUT2D eigenvalue weighted by Crippen LogP contribution is -2.30. The van der Waals surface area contributed by atoms with Gasteiger partial charge in [0.1, 0.15) is 16.4 Å². The molecule has 0 N–H and O–H groups in total. The molecule has 1 atom stereocenters. The molecule has 1 aliphatic heterocycles. The second-order valence-corrected chi connectivity index (χ2v) is 7.77. The number of hydrogen-bond donors (Lipinski definition) is 0. The molecule has 1 amide bonds. The lowest BCUT2D eigenvalue weighted by Gasteiger charge is -2.26. The van der Waals surface area contributed by atoms with Crippen LogP contribution in [0.4, 0.5) is 0 Å². The van der Waals surface area contributed by atoms with E-state index in [1.54, 1.807) is 32.7 Å². The Morgan fingerprint density at radius 2 is 2.00 bits per heavy atom. The topological polar surface area (TPSA) is 77.4 Å². The van der Waals surface area contributed by atoms with Gasteiger partial charge in [-0.3, -0.25) is 4.79 Å². The maximum atomic E-state index is 13.4. The van der Waals surface area contributed by atoms with Crippen LogP contribution in [0.2, 0.25) is 0 Å². The quantitative estimate of drug-likeness (QED) is 0.635. The van der Waals surface area contributed by atoms with Crippen molar-refractivity contribution < 1.29 is 14.3 Å². The second-order valence-electron chi connectivity index (χ2n) is 6.77.